The second-order valence-electron chi connectivity index (χ2n) is 6.33. The van der Waals surface area contributed by atoms with Crippen LogP contribution in [0.2, 0.25) is 0 Å². The van der Waals surface area contributed by atoms with Gasteiger partial charge in [0.25, 0.3) is 5.91 Å². The van der Waals surface area contributed by atoms with Gasteiger partial charge in [-0.05, 0) is 6.07 Å². The van der Waals surface area contributed by atoms with Gasteiger partial charge in [-0.2, -0.15) is 13.2 Å². The predicted octanol–water partition coefficient (Wildman–Crippen LogP) is 1.18. The molecule has 0 unspecified atom stereocenters. The molecule has 3 heterocycles. The fourth-order valence-corrected chi connectivity index (χ4v) is 3.25. The van der Waals surface area contributed by atoms with Crippen LogP contribution in [0.25, 0.3) is 0 Å². The van der Waals surface area contributed by atoms with E-state index in [9.17, 15) is 32.7 Å². The quantitative estimate of drug-likeness (QED) is 0.758. The first-order valence-electron chi connectivity index (χ1n) is 8.36. The smallest absolute Gasteiger partial charge is 0.417 e. The average molecular weight is 402 g/mol. The van der Waals surface area contributed by atoms with Crippen molar-refractivity contribution in [3.05, 3.63) is 17.8 Å². The van der Waals surface area contributed by atoms with Crippen LogP contribution in [0, 0.1) is 0 Å². The van der Waals surface area contributed by atoms with Crippen molar-refractivity contribution in [1.29, 1.82) is 0 Å². The van der Waals surface area contributed by atoms with Crippen molar-refractivity contribution in [1.82, 2.24) is 9.88 Å². The number of carbonyl (C=O) groups excluding carboxylic acids is 2. The van der Waals surface area contributed by atoms with Crippen LogP contribution in [0.15, 0.2) is 12.3 Å². The number of rotatable bonds is 3. The Hall–Kier alpha value is -3.05. The van der Waals surface area contributed by atoms with Gasteiger partial charge < -0.3 is 24.5 Å². The predicted molar refractivity (Wildman–Crippen MR) is 89.0 cm³/mol. The summed E-state index contributed by atoms with van der Waals surface area (Å²) in [4.78, 5) is 42.7. The molecule has 1 N–H and O–H groups in total. The standard InChI is InChI=1S/C16H17F3N4O5/c1-9(24)28-5-4-23-11-6-10(16(17,18)19)7-20-13(11)22-3-2-21(15(26)27)8-12(22)14(23)25/h6-7,12H,2-5,8H2,1H3,(H,26,27)/t12-/m0/s1. The first-order valence-corrected chi connectivity index (χ1v) is 8.36. The van der Waals surface area contributed by atoms with E-state index >= 15 is 0 Å². The van der Waals surface area contributed by atoms with Crippen molar-refractivity contribution >= 4 is 29.5 Å². The zero-order valence-corrected chi connectivity index (χ0v) is 14.8. The zero-order chi connectivity index (χ0) is 20.6. The summed E-state index contributed by atoms with van der Waals surface area (Å²) in [6.07, 6.45) is -5.16. The Morgan fingerprint density at radius 3 is 2.68 bits per heavy atom. The molecule has 28 heavy (non-hydrogen) atoms. The lowest BCUT2D eigenvalue weighted by atomic mass is 10.0. The van der Waals surface area contributed by atoms with E-state index in [1.165, 1.54) is 11.8 Å². The van der Waals surface area contributed by atoms with Crippen LogP contribution in [0.4, 0.5) is 29.5 Å². The normalized spacial score (nSPS) is 19.2. The van der Waals surface area contributed by atoms with Gasteiger partial charge in [0.15, 0.2) is 5.82 Å². The zero-order valence-electron chi connectivity index (χ0n) is 14.8. The van der Waals surface area contributed by atoms with Gasteiger partial charge in [-0.25, -0.2) is 9.78 Å². The first kappa shape index (κ1) is 19.7. The summed E-state index contributed by atoms with van der Waals surface area (Å²) in [5.41, 5.74) is -1.06. The third-order valence-corrected chi connectivity index (χ3v) is 4.56. The molecular formula is C16H17F3N4O5. The minimum atomic E-state index is -4.65. The summed E-state index contributed by atoms with van der Waals surface area (Å²) in [7, 11) is 0. The number of nitrogens with zero attached hydrogens (tertiary/aromatic N) is 4. The lowest BCUT2D eigenvalue weighted by molar-refractivity contribution is -0.141. The molecular weight excluding hydrogens is 385 g/mol. The van der Waals surface area contributed by atoms with Crippen LogP contribution >= 0.6 is 0 Å². The number of ether oxygens (including phenoxy) is 1. The molecule has 9 nitrogen and oxygen atoms in total. The fourth-order valence-electron chi connectivity index (χ4n) is 3.25. The number of anilines is 2. The number of aromatic nitrogens is 1. The van der Waals surface area contributed by atoms with Gasteiger partial charge >= 0.3 is 18.2 Å². The highest BCUT2D eigenvalue weighted by Crippen LogP contribution is 2.39. The molecule has 0 bridgehead atoms. The fraction of sp³-hybridized carbons (Fsp3) is 0.500. The van der Waals surface area contributed by atoms with Gasteiger partial charge in [0.1, 0.15) is 12.6 Å². The van der Waals surface area contributed by atoms with Gasteiger partial charge in [0, 0.05) is 26.2 Å². The number of hydrogen-bond donors (Lipinski definition) is 1. The van der Waals surface area contributed by atoms with Crippen molar-refractivity contribution in [3.8, 4) is 0 Å². The summed E-state index contributed by atoms with van der Waals surface area (Å²) >= 11 is 0. The van der Waals surface area contributed by atoms with E-state index < -0.39 is 35.8 Å². The van der Waals surface area contributed by atoms with Gasteiger partial charge in [0.2, 0.25) is 0 Å². The number of esters is 1. The van der Waals surface area contributed by atoms with Crippen molar-refractivity contribution in [3.63, 3.8) is 0 Å². The minimum absolute atomic E-state index is 0.0491. The Morgan fingerprint density at radius 2 is 2.07 bits per heavy atom. The molecule has 2 amide bonds. The second kappa shape index (κ2) is 7.17. The number of carbonyl (C=O) groups is 3. The Kier molecular flexibility index (Phi) is 5.04. The Bertz CT molecular complexity index is 816. The lowest BCUT2D eigenvalue weighted by Crippen LogP contribution is -2.64. The van der Waals surface area contributed by atoms with E-state index in [1.54, 1.807) is 0 Å². The molecule has 0 saturated carbocycles. The molecule has 1 fully saturated rings. The third kappa shape index (κ3) is 3.66. The van der Waals surface area contributed by atoms with Crippen molar-refractivity contribution < 1.29 is 37.4 Å². The highest BCUT2D eigenvalue weighted by Gasteiger charge is 2.44. The number of piperazine rings is 1. The van der Waals surface area contributed by atoms with Gasteiger partial charge in [-0.1, -0.05) is 0 Å². The maximum absolute atomic E-state index is 13.1. The van der Waals surface area contributed by atoms with Crippen LogP contribution in [0.5, 0.6) is 0 Å². The van der Waals surface area contributed by atoms with E-state index in [1.807, 2.05) is 0 Å². The molecule has 1 aromatic heterocycles. The third-order valence-electron chi connectivity index (χ3n) is 4.56. The molecule has 1 saturated heterocycles. The number of amides is 2. The topological polar surface area (TPSA) is 103 Å². The maximum Gasteiger partial charge on any atom is 0.417 e. The largest absolute Gasteiger partial charge is 0.465 e. The highest BCUT2D eigenvalue weighted by atomic mass is 19.4. The van der Waals surface area contributed by atoms with E-state index in [0.717, 1.165) is 15.9 Å². The van der Waals surface area contributed by atoms with E-state index in [2.05, 4.69) is 4.98 Å². The molecule has 0 spiro atoms. The number of pyridine rings is 1. The van der Waals surface area contributed by atoms with Gasteiger partial charge in [-0.15, -0.1) is 0 Å². The molecule has 0 aromatic carbocycles. The van der Waals surface area contributed by atoms with Crippen LogP contribution in [-0.2, 0) is 20.5 Å². The lowest BCUT2D eigenvalue weighted by Gasteiger charge is -2.46. The van der Waals surface area contributed by atoms with Gasteiger partial charge in [-0.3, -0.25) is 9.59 Å². The summed E-state index contributed by atoms with van der Waals surface area (Å²) < 4.78 is 44.2. The van der Waals surface area contributed by atoms with E-state index in [4.69, 9.17) is 4.74 Å². The summed E-state index contributed by atoms with van der Waals surface area (Å²) in [6.45, 7) is 0.849. The molecule has 12 heteroatoms. The first-order chi connectivity index (χ1) is 13.1. The molecule has 3 rings (SSSR count). The minimum Gasteiger partial charge on any atom is -0.465 e. The molecule has 1 atom stereocenters. The number of carboxylic acid groups (broad SMARTS) is 1. The molecule has 152 valence electrons. The Labute approximate surface area is 157 Å². The summed E-state index contributed by atoms with van der Waals surface area (Å²) in [5.74, 6) is -1.01. The van der Waals surface area contributed by atoms with E-state index in [-0.39, 0.29) is 44.3 Å². The number of hydrogen-bond acceptors (Lipinski definition) is 6. The number of alkyl halides is 3. The number of halogens is 3. The molecule has 0 aliphatic carbocycles. The van der Waals surface area contributed by atoms with Crippen molar-refractivity contribution in [2.45, 2.75) is 19.1 Å². The molecule has 0 radical (unpaired) electrons. The van der Waals surface area contributed by atoms with E-state index in [0.29, 0.717) is 6.20 Å². The van der Waals surface area contributed by atoms with Crippen LogP contribution in [0.3, 0.4) is 0 Å². The molecule has 1 aromatic rings. The molecule has 2 aliphatic heterocycles. The van der Waals surface area contributed by atoms with Crippen molar-refractivity contribution in [2.24, 2.45) is 0 Å². The SMILES string of the molecule is CC(=O)OCCN1C(=O)[C@@H]2CN(C(=O)O)CCN2c2ncc(C(F)(F)F)cc21. The van der Waals surface area contributed by atoms with Crippen molar-refractivity contribution in [2.75, 3.05) is 42.6 Å². The Balaban J connectivity index is 1.99. The average Bonchev–Trinajstić information content (AvgIpc) is 2.62. The summed E-state index contributed by atoms with van der Waals surface area (Å²) in [5, 5.41) is 9.19. The second-order valence-corrected chi connectivity index (χ2v) is 6.33. The highest BCUT2D eigenvalue weighted by molar-refractivity contribution is 6.05. The van der Waals surface area contributed by atoms with Gasteiger partial charge in [0.05, 0.1) is 24.3 Å². The Morgan fingerprint density at radius 1 is 1.36 bits per heavy atom. The van der Waals surface area contributed by atoms with Crippen LogP contribution in [-0.4, -0.2) is 71.8 Å². The van der Waals surface area contributed by atoms with Crippen LogP contribution in [0.1, 0.15) is 12.5 Å². The molecule has 2 aliphatic rings. The number of fused-ring (bicyclic) bond motifs is 3. The monoisotopic (exact) mass is 402 g/mol. The maximum atomic E-state index is 13.1. The van der Waals surface area contributed by atoms with Crippen LogP contribution < -0.4 is 9.80 Å². The summed E-state index contributed by atoms with van der Waals surface area (Å²) in [6, 6.07) is -0.0905.